The summed E-state index contributed by atoms with van der Waals surface area (Å²) in [5.74, 6) is -0.589. The Morgan fingerprint density at radius 2 is 1.50 bits per heavy atom. The summed E-state index contributed by atoms with van der Waals surface area (Å²) in [7, 11) is -2.63. The highest BCUT2D eigenvalue weighted by molar-refractivity contribution is 6.99. The lowest BCUT2D eigenvalue weighted by atomic mass is 10.1. The van der Waals surface area contributed by atoms with E-state index in [1.807, 2.05) is 26.0 Å². The van der Waals surface area contributed by atoms with E-state index in [4.69, 9.17) is 13.9 Å². The molecule has 30 heavy (non-hydrogen) atoms. The summed E-state index contributed by atoms with van der Waals surface area (Å²) >= 11 is 0. The van der Waals surface area contributed by atoms with Gasteiger partial charge in [0.25, 0.3) is 8.32 Å². The molecule has 1 aliphatic heterocycles. The number of ketones is 1. The standard InChI is InChI=1S/C25H32O4Si/c1-24(2,3)30(19-12-8-6-9-13-19,20-14-10-7-11-15-20)27-17-18-16-21(26)23-22(18)28-25(4,5)29-23/h6-15,18,22-23H,16-17H2,1-5H3/t18-,22-,23+/m1/s1. The number of rotatable bonds is 5. The summed E-state index contributed by atoms with van der Waals surface area (Å²) in [5, 5.41) is 2.39. The molecule has 0 spiro atoms. The molecule has 1 saturated heterocycles. The van der Waals surface area contributed by atoms with Gasteiger partial charge in [-0.15, -0.1) is 0 Å². The molecule has 2 aromatic carbocycles. The first-order valence-electron chi connectivity index (χ1n) is 10.8. The van der Waals surface area contributed by atoms with Crippen LogP contribution in [0.5, 0.6) is 0 Å². The first kappa shape index (κ1) is 21.4. The Kier molecular flexibility index (Phi) is 5.52. The average molecular weight is 425 g/mol. The van der Waals surface area contributed by atoms with Crippen LogP contribution in [0.4, 0.5) is 0 Å². The van der Waals surface area contributed by atoms with Crippen LogP contribution in [0.1, 0.15) is 41.0 Å². The van der Waals surface area contributed by atoms with Crippen molar-refractivity contribution in [1.82, 2.24) is 0 Å². The van der Waals surface area contributed by atoms with Gasteiger partial charge >= 0.3 is 0 Å². The van der Waals surface area contributed by atoms with Gasteiger partial charge in [0.15, 0.2) is 11.6 Å². The lowest BCUT2D eigenvalue weighted by Crippen LogP contribution is -2.67. The van der Waals surface area contributed by atoms with Gasteiger partial charge in [0.2, 0.25) is 0 Å². The summed E-state index contributed by atoms with van der Waals surface area (Å²) in [4.78, 5) is 12.6. The monoisotopic (exact) mass is 424 g/mol. The molecule has 2 aromatic rings. The van der Waals surface area contributed by atoms with Crippen molar-refractivity contribution in [2.45, 2.75) is 64.1 Å². The minimum Gasteiger partial charge on any atom is -0.407 e. The van der Waals surface area contributed by atoms with Crippen molar-refractivity contribution in [2.24, 2.45) is 5.92 Å². The van der Waals surface area contributed by atoms with Crippen molar-refractivity contribution in [3.8, 4) is 0 Å². The van der Waals surface area contributed by atoms with E-state index in [0.717, 1.165) is 0 Å². The molecule has 2 aliphatic rings. The van der Waals surface area contributed by atoms with Crippen LogP contribution in [-0.2, 0) is 18.7 Å². The number of carbonyl (C=O) groups is 1. The van der Waals surface area contributed by atoms with Crippen LogP contribution >= 0.6 is 0 Å². The van der Waals surface area contributed by atoms with Gasteiger partial charge < -0.3 is 13.9 Å². The minimum atomic E-state index is -2.63. The second-order valence-electron chi connectivity index (χ2n) is 9.93. The van der Waals surface area contributed by atoms with Crippen LogP contribution in [0.15, 0.2) is 60.7 Å². The molecular weight excluding hydrogens is 392 g/mol. The highest BCUT2D eigenvalue weighted by Crippen LogP contribution is 2.42. The molecule has 0 aromatic heterocycles. The zero-order valence-electron chi connectivity index (χ0n) is 18.6. The second-order valence-corrected chi connectivity index (χ2v) is 14.2. The van der Waals surface area contributed by atoms with Crippen molar-refractivity contribution in [3.63, 3.8) is 0 Å². The summed E-state index contributed by atoms with van der Waals surface area (Å²) in [6.45, 7) is 11.0. The van der Waals surface area contributed by atoms with Crippen molar-refractivity contribution >= 4 is 24.5 Å². The van der Waals surface area contributed by atoms with Crippen LogP contribution in [0.25, 0.3) is 0 Å². The first-order chi connectivity index (χ1) is 14.1. The highest BCUT2D eigenvalue weighted by Gasteiger charge is 2.56. The van der Waals surface area contributed by atoms with Crippen LogP contribution < -0.4 is 10.4 Å². The number of fused-ring (bicyclic) bond motifs is 1. The third-order valence-corrected chi connectivity index (χ3v) is 11.3. The van der Waals surface area contributed by atoms with E-state index in [1.165, 1.54) is 10.4 Å². The predicted molar refractivity (Wildman–Crippen MR) is 121 cm³/mol. The zero-order valence-corrected chi connectivity index (χ0v) is 19.6. The molecule has 0 unspecified atom stereocenters. The maximum atomic E-state index is 12.6. The molecule has 4 rings (SSSR count). The predicted octanol–water partition coefficient (Wildman–Crippen LogP) is 3.67. The van der Waals surface area contributed by atoms with E-state index < -0.39 is 20.2 Å². The molecule has 2 fully saturated rings. The SMILES string of the molecule is CC1(C)O[C@@H]2[C@@H](CO[Si](c3ccccc3)(c3ccccc3)C(C)(C)C)CC(=O)[C@@H]2O1. The average Bonchev–Trinajstić information content (AvgIpc) is 3.17. The number of hydrogen-bond donors (Lipinski definition) is 0. The molecule has 4 nitrogen and oxygen atoms in total. The smallest absolute Gasteiger partial charge is 0.261 e. The largest absolute Gasteiger partial charge is 0.407 e. The van der Waals surface area contributed by atoms with Gasteiger partial charge in [-0.3, -0.25) is 4.79 Å². The highest BCUT2D eigenvalue weighted by atomic mass is 28.4. The Bertz CT molecular complexity index is 849. The van der Waals surface area contributed by atoms with E-state index in [-0.39, 0.29) is 22.8 Å². The van der Waals surface area contributed by atoms with E-state index in [9.17, 15) is 4.79 Å². The maximum Gasteiger partial charge on any atom is 0.261 e. The first-order valence-corrected chi connectivity index (χ1v) is 12.7. The zero-order chi connectivity index (χ0) is 21.6. The molecule has 1 saturated carbocycles. The summed E-state index contributed by atoms with van der Waals surface area (Å²) in [6.07, 6.45) is -0.248. The van der Waals surface area contributed by atoms with Gasteiger partial charge in [-0.25, -0.2) is 0 Å². The van der Waals surface area contributed by atoms with Gasteiger partial charge in [-0.2, -0.15) is 0 Å². The third kappa shape index (κ3) is 3.69. The van der Waals surface area contributed by atoms with Crippen molar-refractivity contribution in [3.05, 3.63) is 60.7 Å². The fourth-order valence-electron chi connectivity index (χ4n) is 5.02. The van der Waals surface area contributed by atoms with E-state index in [1.54, 1.807) is 0 Å². The Balaban J connectivity index is 1.70. The molecule has 0 bridgehead atoms. The number of ether oxygens (including phenoxy) is 2. The molecule has 0 radical (unpaired) electrons. The Morgan fingerprint density at radius 3 is 2.00 bits per heavy atom. The van der Waals surface area contributed by atoms with Crippen molar-refractivity contribution in [2.75, 3.05) is 6.61 Å². The normalized spacial score (nSPS) is 26.0. The van der Waals surface area contributed by atoms with Crippen molar-refractivity contribution in [1.29, 1.82) is 0 Å². The molecule has 0 amide bonds. The molecule has 160 valence electrons. The molecular formula is C25H32O4Si. The van der Waals surface area contributed by atoms with Gasteiger partial charge in [0, 0.05) is 18.9 Å². The fourth-order valence-corrected chi connectivity index (χ4v) is 9.64. The minimum absolute atomic E-state index is 0.00549. The van der Waals surface area contributed by atoms with Gasteiger partial charge in [-0.05, 0) is 29.3 Å². The van der Waals surface area contributed by atoms with E-state index in [0.29, 0.717) is 13.0 Å². The third-order valence-electron chi connectivity index (χ3n) is 6.31. The van der Waals surface area contributed by atoms with Gasteiger partial charge in [-0.1, -0.05) is 81.4 Å². The number of hydrogen-bond acceptors (Lipinski definition) is 4. The second kappa shape index (κ2) is 7.72. The molecule has 0 N–H and O–H groups in total. The van der Waals surface area contributed by atoms with Crippen LogP contribution in [0.2, 0.25) is 5.04 Å². The van der Waals surface area contributed by atoms with E-state index >= 15 is 0 Å². The maximum absolute atomic E-state index is 12.6. The summed E-state index contributed by atoms with van der Waals surface area (Å²) < 4.78 is 19.0. The van der Waals surface area contributed by atoms with Gasteiger partial charge in [0.05, 0.1) is 6.10 Å². The van der Waals surface area contributed by atoms with Crippen LogP contribution in [-0.4, -0.2) is 38.7 Å². The molecule has 5 heteroatoms. The quantitative estimate of drug-likeness (QED) is 0.687. The topological polar surface area (TPSA) is 44.8 Å². The Labute approximate surface area is 180 Å². The Hall–Kier alpha value is -1.79. The lowest BCUT2D eigenvalue weighted by Gasteiger charge is -2.43. The van der Waals surface area contributed by atoms with Gasteiger partial charge in [0.1, 0.15) is 6.10 Å². The number of benzene rings is 2. The number of Topliss-reactive ketones (excluding diaryl/α,β-unsaturated/α-hetero) is 1. The van der Waals surface area contributed by atoms with Crippen molar-refractivity contribution < 1.29 is 18.7 Å². The molecule has 1 heterocycles. The molecule has 1 aliphatic carbocycles. The molecule has 3 atom stereocenters. The Morgan fingerprint density at radius 1 is 0.967 bits per heavy atom. The van der Waals surface area contributed by atoms with Crippen LogP contribution in [0, 0.1) is 5.92 Å². The number of carbonyl (C=O) groups excluding carboxylic acids is 1. The fraction of sp³-hybridized carbons (Fsp3) is 0.480. The summed E-state index contributed by atoms with van der Waals surface area (Å²) in [5.41, 5.74) is 0. The lowest BCUT2D eigenvalue weighted by molar-refractivity contribution is -0.163. The van der Waals surface area contributed by atoms with Crippen LogP contribution in [0.3, 0.4) is 0 Å². The van der Waals surface area contributed by atoms with E-state index in [2.05, 4.69) is 69.3 Å². The summed E-state index contributed by atoms with van der Waals surface area (Å²) in [6, 6.07) is 21.2.